The van der Waals surface area contributed by atoms with Crippen LogP contribution in [0.15, 0.2) is 30.3 Å². The van der Waals surface area contributed by atoms with Crippen LogP contribution in [0.5, 0.6) is 0 Å². The average Bonchev–Trinajstić information content (AvgIpc) is 3.54. The normalized spacial score (nSPS) is 19.4. The lowest BCUT2D eigenvalue weighted by atomic mass is 10.0. The summed E-state index contributed by atoms with van der Waals surface area (Å²) in [6.07, 6.45) is 27.6. The highest BCUT2D eigenvalue weighted by atomic mass is 32.2. The van der Waals surface area contributed by atoms with E-state index in [-0.39, 0.29) is 0 Å². The molecule has 1 aromatic carbocycles. The van der Waals surface area contributed by atoms with Crippen molar-refractivity contribution < 1.29 is 4.74 Å². The van der Waals surface area contributed by atoms with Gasteiger partial charge in [-0.15, -0.1) is 0 Å². The number of hydrogen-bond donors (Lipinski definition) is 0. The Labute approximate surface area is 203 Å². The van der Waals surface area contributed by atoms with E-state index in [2.05, 4.69) is 42.1 Å². The molecule has 2 unspecified atom stereocenters. The number of ether oxygens (including phenoxy) is 1. The summed E-state index contributed by atoms with van der Waals surface area (Å²) in [5, 5.41) is 0.874. The maximum atomic E-state index is 5.71. The molecule has 3 rings (SSSR count). The van der Waals surface area contributed by atoms with Gasteiger partial charge < -0.3 is 4.74 Å². The van der Waals surface area contributed by atoms with E-state index >= 15 is 0 Å². The first-order valence-corrected chi connectivity index (χ1v) is 15.2. The fourth-order valence-corrected chi connectivity index (χ4v) is 6.73. The zero-order chi connectivity index (χ0) is 22.1. The van der Waals surface area contributed by atoms with Crippen molar-refractivity contribution in [3.63, 3.8) is 0 Å². The van der Waals surface area contributed by atoms with Gasteiger partial charge in [-0.2, -0.15) is 11.8 Å². The van der Waals surface area contributed by atoms with E-state index in [9.17, 15) is 0 Å². The highest BCUT2D eigenvalue weighted by molar-refractivity contribution is 7.99. The largest absolute Gasteiger partial charge is 0.378 e. The molecule has 1 saturated heterocycles. The van der Waals surface area contributed by atoms with Crippen LogP contribution in [0.2, 0.25) is 0 Å². The summed E-state index contributed by atoms with van der Waals surface area (Å²) in [5.74, 6) is 2.38. The quantitative estimate of drug-likeness (QED) is 0.180. The van der Waals surface area contributed by atoms with Crippen molar-refractivity contribution in [3.8, 4) is 0 Å². The van der Waals surface area contributed by atoms with E-state index in [1.165, 1.54) is 133 Å². The summed E-state index contributed by atoms with van der Waals surface area (Å²) in [5.41, 5.74) is 1.53. The lowest BCUT2D eigenvalue weighted by molar-refractivity contribution is 0.102. The minimum absolute atomic E-state index is 0.605. The molecule has 32 heavy (non-hydrogen) atoms. The summed E-state index contributed by atoms with van der Waals surface area (Å²) in [6.45, 7) is 1.01. The Balaban J connectivity index is 1.03. The Kier molecular flexibility index (Phi) is 13.9. The maximum absolute atomic E-state index is 5.71. The van der Waals surface area contributed by atoms with Crippen molar-refractivity contribution in [3.05, 3.63) is 35.9 Å². The van der Waals surface area contributed by atoms with Crippen LogP contribution in [0.4, 0.5) is 0 Å². The minimum Gasteiger partial charge on any atom is -0.378 e. The van der Waals surface area contributed by atoms with Crippen LogP contribution in [0.25, 0.3) is 0 Å². The molecule has 0 spiro atoms. The van der Waals surface area contributed by atoms with Crippen molar-refractivity contribution in [2.45, 2.75) is 133 Å². The molecule has 1 heterocycles. The van der Waals surface area contributed by atoms with Crippen LogP contribution in [0.3, 0.4) is 0 Å². The number of hydrogen-bond acceptors (Lipinski definition) is 2. The fourth-order valence-electron chi connectivity index (χ4n) is 5.20. The summed E-state index contributed by atoms with van der Waals surface area (Å²) >= 11 is 2.27. The molecule has 1 aromatic rings. The van der Waals surface area contributed by atoms with Gasteiger partial charge in [-0.25, -0.2) is 0 Å². The zero-order valence-electron chi connectivity index (χ0n) is 20.8. The minimum atomic E-state index is 0.605. The van der Waals surface area contributed by atoms with E-state index in [1.807, 2.05) is 0 Å². The van der Waals surface area contributed by atoms with Crippen molar-refractivity contribution in [2.75, 3.05) is 12.4 Å². The second kappa shape index (κ2) is 17.0. The van der Waals surface area contributed by atoms with Gasteiger partial charge in [0.25, 0.3) is 0 Å². The van der Waals surface area contributed by atoms with Crippen molar-refractivity contribution in [1.29, 1.82) is 0 Å². The third-order valence-corrected chi connectivity index (χ3v) is 8.96. The molecule has 1 saturated carbocycles. The topological polar surface area (TPSA) is 9.23 Å². The van der Waals surface area contributed by atoms with E-state index in [4.69, 9.17) is 4.74 Å². The Hall–Kier alpha value is -0.470. The molecule has 1 aliphatic heterocycles. The van der Waals surface area contributed by atoms with Gasteiger partial charge in [0.2, 0.25) is 0 Å². The van der Waals surface area contributed by atoms with E-state index in [0.29, 0.717) is 6.10 Å². The molecule has 0 bridgehead atoms. The van der Waals surface area contributed by atoms with Crippen LogP contribution in [0, 0.1) is 5.92 Å². The third-order valence-electron chi connectivity index (χ3n) is 7.45. The molecule has 1 aliphatic carbocycles. The van der Waals surface area contributed by atoms with E-state index < -0.39 is 0 Å². The SMILES string of the molecule is c1ccc(CC(SCCCCCCCCCCCCCCCC2CCCO2)C2CC2)cc1. The molecule has 0 N–H and O–H groups in total. The molecule has 0 amide bonds. The third kappa shape index (κ3) is 12.1. The van der Waals surface area contributed by atoms with E-state index in [0.717, 1.165) is 17.8 Å². The summed E-state index contributed by atoms with van der Waals surface area (Å²) in [4.78, 5) is 0. The van der Waals surface area contributed by atoms with Crippen molar-refractivity contribution in [1.82, 2.24) is 0 Å². The van der Waals surface area contributed by atoms with Crippen LogP contribution >= 0.6 is 11.8 Å². The van der Waals surface area contributed by atoms with Gasteiger partial charge in [-0.1, -0.05) is 107 Å². The molecular formula is C30H50OS. The molecular weight excluding hydrogens is 408 g/mol. The van der Waals surface area contributed by atoms with Crippen LogP contribution < -0.4 is 0 Å². The lowest BCUT2D eigenvalue weighted by Gasteiger charge is -2.16. The predicted molar refractivity (Wildman–Crippen MR) is 143 cm³/mol. The first-order chi connectivity index (χ1) is 15.9. The summed E-state index contributed by atoms with van der Waals surface area (Å²) < 4.78 is 5.71. The fraction of sp³-hybridized carbons (Fsp3) is 0.800. The van der Waals surface area contributed by atoms with E-state index in [1.54, 1.807) is 0 Å². The van der Waals surface area contributed by atoms with Crippen LogP contribution in [-0.2, 0) is 11.2 Å². The number of benzene rings is 1. The first kappa shape index (κ1) is 26.1. The van der Waals surface area contributed by atoms with Gasteiger partial charge in [0.15, 0.2) is 0 Å². The molecule has 2 atom stereocenters. The Morgan fingerprint density at radius 2 is 1.31 bits per heavy atom. The number of unbranched alkanes of at least 4 members (excludes halogenated alkanes) is 12. The highest BCUT2D eigenvalue weighted by Gasteiger charge is 2.31. The standard InChI is InChI=1S/C30H50OS/c1(2-4-6-8-10-15-20-29-21-17-24-31-29)3-5-7-9-11-16-25-32-30(28-22-23-28)26-27-18-13-12-14-19-27/h12-14,18-19,28-30H,1-11,15-17,20-26H2. The molecule has 2 heteroatoms. The second-order valence-corrected chi connectivity index (χ2v) is 11.8. The van der Waals surface area contributed by atoms with Gasteiger partial charge in [-0.05, 0) is 62.2 Å². The Morgan fingerprint density at radius 3 is 1.88 bits per heavy atom. The van der Waals surface area contributed by atoms with Gasteiger partial charge in [0.05, 0.1) is 6.10 Å². The highest BCUT2D eigenvalue weighted by Crippen LogP contribution is 2.40. The van der Waals surface area contributed by atoms with Gasteiger partial charge in [-0.3, -0.25) is 0 Å². The molecule has 1 nitrogen and oxygen atoms in total. The summed E-state index contributed by atoms with van der Waals surface area (Å²) in [6, 6.07) is 11.1. The number of rotatable bonds is 20. The second-order valence-electron chi connectivity index (χ2n) is 10.5. The Bertz CT molecular complexity index is 549. The Morgan fingerprint density at radius 1 is 0.719 bits per heavy atom. The van der Waals surface area contributed by atoms with Crippen LogP contribution in [0.1, 0.15) is 121 Å². The smallest absolute Gasteiger partial charge is 0.0576 e. The van der Waals surface area contributed by atoms with Gasteiger partial charge in [0, 0.05) is 11.9 Å². The monoisotopic (exact) mass is 458 g/mol. The molecule has 0 aromatic heterocycles. The summed E-state index contributed by atoms with van der Waals surface area (Å²) in [7, 11) is 0. The predicted octanol–water partition coefficient (Wildman–Crippen LogP) is 9.38. The average molecular weight is 459 g/mol. The number of thioether (sulfide) groups is 1. The zero-order valence-corrected chi connectivity index (χ0v) is 21.6. The molecule has 2 aliphatic rings. The molecule has 0 radical (unpaired) electrons. The van der Waals surface area contributed by atoms with Crippen LogP contribution in [-0.4, -0.2) is 23.7 Å². The molecule has 2 fully saturated rings. The first-order valence-electron chi connectivity index (χ1n) is 14.2. The maximum Gasteiger partial charge on any atom is 0.0576 e. The molecule has 182 valence electrons. The van der Waals surface area contributed by atoms with Crippen molar-refractivity contribution in [2.24, 2.45) is 5.92 Å². The van der Waals surface area contributed by atoms with Crippen molar-refractivity contribution >= 4 is 11.8 Å². The lowest BCUT2D eigenvalue weighted by Crippen LogP contribution is -2.10. The van der Waals surface area contributed by atoms with Gasteiger partial charge in [0.1, 0.15) is 0 Å². The van der Waals surface area contributed by atoms with Gasteiger partial charge >= 0.3 is 0 Å².